The highest BCUT2D eigenvalue weighted by Crippen LogP contribution is 2.31. The summed E-state index contributed by atoms with van der Waals surface area (Å²) in [4.78, 5) is 3.41. The second kappa shape index (κ2) is 7.32. The Morgan fingerprint density at radius 3 is 2.65 bits per heavy atom. The standard InChI is InChI=1S/C15H18Cl2N2S/c1-3-18-9-11-5-4-6-13(16)15(11)19(2)10-12-7-8-14(17)20-12/h4-8,18H,3,9-10H2,1-2H3. The molecule has 0 radical (unpaired) electrons. The maximum atomic E-state index is 6.38. The molecule has 0 atom stereocenters. The molecule has 2 rings (SSSR count). The van der Waals surface area contributed by atoms with Crippen LogP contribution in [0.2, 0.25) is 9.36 Å². The van der Waals surface area contributed by atoms with E-state index in [1.165, 1.54) is 10.4 Å². The number of hydrogen-bond donors (Lipinski definition) is 1. The second-order valence-electron chi connectivity index (χ2n) is 4.59. The van der Waals surface area contributed by atoms with Crippen molar-refractivity contribution in [3.63, 3.8) is 0 Å². The molecule has 1 aromatic heterocycles. The summed E-state index contributed by atoms with van der Waals surface area (Å²) in [5.41, 5.74) is 2.30. The van der Waals surface area contributed by atoms with E-state index >= 15 is 0 Å². The van der Waals surface area contributed by atoms with Crippen molar-refractivity contribution < 1.29 is 0 Å². The highest BCUT2D eigenvalue weighted by Gasteiger charge is 2.12. The van der Waals surface area contributed by atoms with E-state index in [9.17, 15) is 0 Å². The first-order valence-electron chi connectivity index (χ1n) is 6.55. The van der Waals surface area contributed by atoms with Crippen molar-refractivity contribution in [1.29, 1.82) is 0 Å². The third-order valence-electron chi connectivity index (χ3n) is 3.04. The number of thiophene rings is 1. The summed E-state index contributed by atoms with van der Waals surface area (Å²) in [6.07, 6.45) is 0. The summed E-state index contributed by atoms with van der Waals surface area (Å²) in [5, 5.41) is 4.13. The van der Waals surface area contributed by atoms with Crippen LogP contribution < -0.4 is 10.2 Å². The molecule has 1 N–H and O–H groups in total. The van der Waals surface area contributed by atoms with Crippen molar-refractivity contribution in [1.82, 2.24) is 5.32 Å². The molecule has 0 spiro atoms. The van der Waals surface area contributed by atoms with Gasteiger partial charge in [-0.15, -0.1) is 11.3 Å². The summed E-state index contributed by atoms with van der Waals surface area (Å²) in [5.74, 6) is 0. The van der Waals surface area contributed by atoms with E-state index in [1.54, 1.807) is 11.3 Å². The van der Waals surface area contributed by atoms with E-state index in [4.69, 9.17) is 23.2 Å². The molecule has 0 aliphatic carbocycles. The molecule has 2 aromatic rings. The number of benzene rings is 1. The summed E-state index contributed by atoms with van der Waals surface area (Å²) in [6.45, 7) is 4.67. The highest BCUT2D eigenvalue weighted by atomic mass is 35.5. The van der Waals surface area contributed by atoms with Gasteiger partial charge in [-0.25, -0.2) is 0 Å². The fourth-order valence-corrected chi connectivity index (χ4v) is 3.62. The minimum absolute atomic E-state index is 0.783. The van der Waals surface area contributed by atoms with E-state index in [0.29, 0.717) is 0 Å². The fourth-order valence-electron chi connectivity index (χ4n) is 2.14. The first-order valence-corrected chi connectivity index (χ1v) is 8.12. The third kappa shape index (κ3) is 3.89. The Bertz CT molecular complexity index is 569. The summed E-state index contributed by atoms with van der Waals surface area (Å²) in [6, 6.07) is 10.0. The SMILES string of the molecule is CCNCc1cccc(Cl)c1N(C)Cc1ccc(Cl)s1. The molecule has 0 unspecified atom stereocenters. The average Bonchev–Trinajstić information content (AvgIpc) is 2.81. The molecule has 0 aliphatic heterocycles. The molecule has 5 heteroatoms. The molecule has 20 heavy (non-hydrogen) atoms. The minimum atomic E-state index is 0.783. The van der Waals surface area contributed by atoms with Gasteiger partial charge < -0.3 is 10.2 Å². The van der Waals surface area contributed by atoms with Gasteiger partial charge >= 0.3 is 0 Å². The van der Waals surface area contributed by atoms with Gasteiger partial charge in [-0.1, -0.05) is 42.3 Å². The maximum absolute atomic E-state index is 6.38. The van der Waals surface area contributed by atoms with Crippen molar-refractivity contribution in [2.24, 2.45) is 0 Å². The number of rotatable bonds is 6. The molecule has 0 bridgehead atoms. The Labute approximate surface area is 134 Å². The molecule has 1 aromatic carbocycles. The molecule has 0 aliphatic rings. The summed E-state index contributed by atoms with van der Waals surface area (Å²) >= 11 is 14.0. The fraction of sp³-hybridized carbons (Fsp3) is 0.333. The molecule has 2 nitrogen and oxygen atoms in total. The third-order valence-corrected chi connectivity index (χ3v) is 4.56. The largest absolute Gasteiger partial charge is 0.368 e. The van der Waals surface area contributed by atoms with Crippen LogP contribution in [-0.2, 0) is 13.1 Å². The normalized spacial score (nSPS) is 10.8. The van der Waals surface area contributed by atoms with Gasteiger partial charge in [0.2, 0.25) is 0 Å². The van der Waals surface area contributed by atoms with Crippen LogP contribution in [0.1, 0.15) is 17.4 Å². The predicted molar refractivity (Wildman–Crippen MR) is 90.3 cm³/mol. The van der Waals surface area contributed by atoms with Gasteiger partial charge in [-0.05, 0) is 30.3 Å². The predicted octanol–water partition coefficient (Wildman–Crippen LogP) is 4.80. The number of hydrogen-bond acceptors (Lipinski definition) is 3. The van der Waals surface area contributed by atoms with E-state index in [1.807, 2.05) is 18.2 Å². The molecule has 0 amide bonds. The smallest absolute Gasteiger partial charge is 0.0931 e. The van der Waals surface area contributed by atoms with Crippen LogP contribution in [0.4, 0.5) is 5.69 Å². The number of anilines is 1. The van der Waals surface area contributed by atoms with Gasteiger partial charge in [0.25, 0.3) is 0 Å². The molecule has 0 saturated carbocycles. The van der Waals surface area contributed by atoms with Gasteiger partial charge in [-0.2, -0.15) is 0 Å². The zero-order valence-corrected chi connectivity index (χ0v) is 13.9. The van der Waals surface area contributed by atoms with Crippen LogP contribution in [-0.4, -0.2) is 13.6 Å². The topological polar surface area (TPSA) is 15.3 Å². The van der Waals surface area contributed by atoms with Gasteiger partial charge in [0.15, 0.2) is 0 Å². The van der Waals surface area contributed by atoms with Crippen LogP contribution in [0, 0.1) is 0 Å². The Morgan fingerprint density at radius 1 is 1.20 bits per heavy atom. The first-order chi connectivity index (χ1) is 9.61. The van der Waals surface area contributed by atoms with Crippen molar-refractivity contribution in [2.45, 2.75) is 20.0 Å². The monoisotopic (exact) mass is 328 g/mol. The zero-order chi connectivity index (χ0) is 14.5. The van der Waals surface area contributed by atoms with Gasteiger partial charge in [0, 0.05) is 18.5 Å². The minimum Gasteiger partial charge on any atom is -0.368 e. The van der Waals surface area contributed by atoms with Gasteiger partial charge in [0.1, 0.15) is 0 Å². The lowest BCUT2D eigenvalue weighted by Gasteiger charge is -2.23. The lowest BCUT2D eigenvalue weighted by molar-refractivity contribution is 0.723. The number of nitrogens with one attached hydrogen (secondary N) is 1. The molecular formula is C15H18Cl2N2S. The Hall–Kier alpha value is -0.740. The van der Waals surface area contributed by atoms with E-state index in [2.05, 4.69) is 36.3 Å². The van der Waals surface area contributed by atoms with Gasteiger partial charge in [-0.3, -0.25) is 0 Å². The van der Waals surface area contributed by atoms with Crippen LogP contribution in [0.3, 0.4) is 0 Å². The van der Waals surface area contributed by atoms with E-state index in [0.717, 1.165) is 34.7 Å². The zero-order valence-electron chi connectivity index (χ0n) is 11.6. The molecule has 108 valence electrons. The molecule has 0 fully saturated rings. The van der Waals surface area contributed by atoms with Crippen LogP contribution in [0.15, 0.2) is 30.3 Å². The van der Waals surface area contributed by atoms with E-state index < -0.39 is 0 Å². The molecule has 1 heterocycles. The lowest BCUT2D eigenvalue weighted by atomic mass is 10.1. The molecular weight excluding hydrogens is 311 g/mol. The Morgan fingerprint density at radius 2 is 2.00 bits per heavy atom. The highest BCUT2D eigenvalue weighted by molar-refractivity contribution is 7.16. The quantitative estimate of drug-likeness (QED) is 0.819. The van der Waals surface area contributed by atoms with Crippen LogP contribution in [0.5, 0.6) is 0 Å². The van der Waals surface area contributed by atoms with Gasteiger partial charge in [0.05, 0.1) is 21.6 Å². The lowest BCUT2D eigenvalue weighted by Crippen LogP contribution is -2.20. The van der Waals surface area contributed by atoms with Crippen LogP contribution in [0.25, 0.3) is 0 Å². The number of para-hydroxylation sites is 1. The van der Waals surface area contributed by atoms with Crippen molar-refractivity contribution >= 4 is 40.2 Å². The van der Waals surface area contributed by atoms with Crippen molar-refractivity contribution in [2.75, 3.05) is 18.5 Å². The van der Waals surface area contributed by atoms with Crippen molar-refractivity contribution in [3.8, 4) is 0 Å². The summed E-state index contributed by atoms with van der Waals surface area (Å²) in [7, 11) is 2.06. The van der Waals surface area contributed by atoms with E-state index in [-0.39, 0.29) is 0 Å². The average molecular weight is 329 g/mol. The number of halogens is 2. The first kappa shape index (κ1) is 15.6. The molecule has 0 saturated heterocycles. The second-order valence-corrected chi connectivity index (χ2v) is 6.80. The Balaban J connectivity index is 2.21. The van der Waals surface area contributed by atoms with Crippen molar-refractivity contribution in [3.05, 3.63) is 50.1 Å². The maximum Gasteiger partial charge on any atom is 0.0931 e. The number of nitrogens with zero attached hydrogens (tertiary/aromatic N) is 1. The van der Waals surface area contributed by atoms with Crippen LogP contribution >= 0.6 is 34.5 Å². The summed E-state index contributed by atoms with van der Waals surface area (Å²) < 4.78 is 0.820. The Kier molecular flexibility index (Phi) is 5.73.